The Hall–Kier alpha value is -1.48. The number of hydrogen-bond acceptors (Lipinski definition) is 8. The first-order chi connectivity index (χ1) is 14.0. The van der Waals surface area contributed by atoms with Crippen molar-refractivity contribution in [3.8, 4) is 0 Å². The van der Waals surface area contributed by atoms with E-state index in [1.807, 2.05) is 6.08 Å². The molecular weight excluding hydrogens is 392 g/mol. The molecule has 3 saturated heterocycles. The first-order valence-corrected chi connectivity index (χ1v) is 10.5. The smallest absolute Gasteiger partial charge is 0.355 e. The first kappa shape index (κ1) is 20.4. The number of hydrogen-bond donors (Lipinski definition) is 1. The number of ether oxygens (including phenoxy) is 5. The van der Waals surface area contributed by atoms with E-state index < -0.39 is 58.6 Å². The highest BCUT2D eigenvalue weighted by Gasteiger charge is 2.93. The molecule has 166 valence electrons. The zero-order valence-electron chi connectivity index (χ0n) is 18.3. The number of carbonyl (C=O) groups excluding carboxylic acids is 2. The lowest BCUT2D eigenvalue weighted by Gasteiger charge is -2.52. The average Bonchev–Trinajstić information content (AvgIpc) is 3.37. The van der Waals surface area contributed by atoms with Crippen molar-refractivity contribution in [1.82, 2.24) is 0 Å². The van der Waals surface area contributed by atoms with Gasteiger partial charge in [0.25, 0.3) is 5.60 Å². The third kappa shape index (κ3) is 1.78. The molecular formula is C22H30O8. The van der Waals surface area contributed by atoms with Crippen LogP contribution in [0.25, 0.3) is 0 Å². The summed E-state index contributed by atoms with van der Waals surface area (Å²) in [5.41, 5.74) is -5.80. The lowest BCUT2D eigenvalue weighted by Crippen LogP contribution is -2.67. The highest BCUT2D eigenvalue weighted by Crippen LogP contribution is 2.79. The summed E-state index contributed by atoms with van der Waals surface area (Å²) in [6.07, 6.45) is 2.53. The maximum atomic E-state index is 13.4. The van der Waals surface area contributed by atoms with Crippen LogP contribution in [0, 0.1) is 28.1 Å². The van der Waals surface area contributed by atoms with Gasteiger partial charge in [0.1, 0.15) is 11.7 Å². The third-order valence-electron chi connectivity index (χ3n) is 8.62. The number of rotatable bonds is 2. The van der Waals surface area contributed by atoms with Crippen molar-refractivity contribution in [2.45, 2.75) is 70.4 Å². The van der Waals surface area contributed by atoms with Crippen LogP contribution in [0.4, 0.5) is 0 Å². The molecule has 1 saturated carbocycles. The first-order valence-electron chi connectivity index (χ1n) is 10.5. The highest BCUT2D eigenvalue weighted by atomic mass is 16.8. The van der Waals surface area contributed by atoms with E-state index in [1.54, 1.807) is 27.2 Å². The molecule has 2 aliphatic carbocycles. The van der Waals surface area contributed by atoms with Gasteiger partial charge in [0.2, 0.25) is 0 Å². The molecule has 0 amide bonds. The van der Waals surface area contributed by atoms with Crippen molar-refractivity contribution < 1.29 is 38.4 Å². The number of methoxy groups -OCH3 is 2. The summed E-state index contributed by atoms with van der Waals surface area (Å²) >= 11 is 0. The maximum Gasteiger partial charge on any atom is 0.355 e. The van der Waals surface area contributed by atoms with Crippen LogP contribution in [0.1, 0.15) is 40.5 Å². The van der Waals surface area contributed by atoms with E-state index in [4.69, 9.17) is 23.7 Å². The van der Waals surface area contributed by atoms with Gasteiger partial charge in [-0.25, -0.2) is 4.79 Å². The minimum atomic E-state index is -1.86. The Morgan fingerprint density at radius 2 is 1.87 bits per heavy atom. The topological polar surface area (TPSA) is 101 Å². The second-order valence-corrected chi connectivity index (χ2v) is 10.5. The summed E-state index contributed by atoms with van der Waals surface area (Å²) in [6, 6.07) is 0. The number of aliphatic hydroxyl groups is 1. The molecule has 4 fully saturated rings. The predicted molar refractivity (Wildman–Crippen MR) is 102 cm³/mol. The lowest BCUT2D eigenvalue weighted by molar-refractivity contribution is -0.246. The second kappa shape index (κ2) is 5.65. The zero-order valence-corrected chi connectivity index (χ0v) is 18.3. The summed E-state index contributed by atoms with van der Waals surface area (Å²) in [6.45, 7) is 7.98. The van der Waals surface area contributed by atoms with Crippen LogP contribution < -0.4 is 0 Å². The molecule has 0 aromatic heterocycles. The van der Waals surface area contributed by atoms with Crippen LogP contribution in [0.2, 0.25) is 0 Å². The van der Waals surface area contributed by atoms with E-state index in [0.29, 0.717) is 12.8 Å². The van der Waals surface area contributed by atoms with Crippen molar-refractivity contribution in [3.05, 3.63) is 12.2 Å². The fourth-order valence-corrected chi connectivity index (χ4v) is 7.48. The Labute approximate surface area is 175 Å². The molecule has 0 unspecified atom stereocenters. The monoisotopic (exact) mass is 422 g/mol. The van der Waals surface area contributed by atoms with Gasteiger partial charge in [-0.15, -0.1) is 0 Å². The van der Waals surface area contributed by atoms with E-state index in [-0.39, 0.29) is 11.3 Å². The molecule has 3 spiro atoms. The molecule has 8 nitrogen and oxygen atoms in total. The SMILES string of the molecule is CO[C@@H]1C[C@]2([C@H](OC)O1)[C@H](C(C)(C)C)C[C@H]1OC(=O)[C@]34OC(=O)[C@H](C)[C@@]3(O)C=C[C@@]124. The Bertz CT molecular complexity index is 847. The molecule has 1 N–H and O–H groups in total. The van der Waals surface area contributed by atoms with Crippen LogP contribution in [0.15, 0.2) is 12.2 Å². The Kier molecular flexibility index (Phi) is 3.85. The van der Waals surface area contributed by atoms with Gasteiger partial charge in [0.15, 0.2) is 12.6 Å². The predicted octanol–water partition coefficient (Wildman–Crippen LogP) is 1.55. The zero-order chi connectivity index (χ0) is 21.9. The molecule has 8 heteroatoms. The second-order valence-electron chi connectivity index (χ2n) is 10.5. The van der Waals surface area contributed by atoms with Crippen molar-refractivity contribution >= 4 is 11.9 Å². The molecule has 0 radical (unpaired) electrons. The summed E-state index contributed by atoms with van der Waals surface area (Å²) in [4.78, 5) is 26.1. The van der Waals surface area contributed by atoms with E-state index in [2.05, 4.69) is 20.8 Å². The van der Waals surface area contributed by atoms with Crippen LogP contribution in [0.3, 0.4) is 0 Å². The van der Waals surface area contributed by atoms with Crippen LogP contribution in [-0.4, -0.2) is 61.2 Å². The standard InChI is InChI=1S/C22H30O8/c1-11-15(23)30-22-16(24)28-13-9-12(18(2,3)4)19(10-14(26-5)29-17(19)27-6)20(13,22)7-8-21(11,22)25/h7-8,11-14,17,25H,9-10H2,1-6H3/t11-,12-,13+,14-,17+,19+,20+,21-,22+/m0/s1. The summed E-state index contributed by atoms with van der Waals surface area (Å²) in [5.74, 6) is -2.22. The quantitative estimate of drug-likeness (QED) is 0.529. The minimum Gasteiger partial charge on any atom is -0.458 e. The van der Waals surface area contributed by atoms with Gasteiger partial charge in [0.05, 0.1) is 11.3 Å². The normalized spacial score (nSPS) is 53.8. The van der Waals surface area contributed by atoms with Gasteiger partial charge in [-0.1, -0.05) is 32.9 Å². The minimum absolute atomic E-state index is 0.0216. The third-order valence-corrected chi connectivity index (χ3v) is 8.62. The van der Waals surface area contributed by atoms with Crippen LogP contribution in [0.5, 0.6) is 0 Å². The van der Waals surface area contributed by atoms with Crippen LogP contribution in [-0.2, 0) is 33.3 Å². The van der Waals surface area contributed by atoms with E-state index in [9.17, 15) is 14.7 Å². The maximum absolute atomic E-state index is 13.4. The summed E-state index contributed by atoms with van der Waals surface area (Å²) in [7, 11) is 3.13. The molecule has 0 bridgehead atoms. The summed E-state index contributed by atoms with van der Waals surface area (Å²) in [5, 5.41) is 11.7. The highest BCUT2D eigenvalue weighted by molar-refractivity contribution is 5.96. The Morgan fingerprint density at radius 3 is 2.47 bits per heavy atom. The van der Waals surface area contributed by atoms with Gasteiger partial charge >= 0.3 is 11.9 Å². The van der Waals surface area contributed by atoms with Crippen molar-refractivity contribution in [1.29, 1.82) is 0 Å². The van der Waals surface area contributed by atoms with Crippen molar-refractivity contribution in [2.75, 3.05) is 14.2 Å². The molecule has 30 heavy (non-hydrogen) atoms. The van der Waals surface area contributed by atoms with Crippen molar-refractivity contribution in [3.63, 3.8) is 0 Å². The summed E-state index contributed by atoms with van der Waals surface area (Å²) < 4.78 is 29.3. The van der Waals surface area contributed by atoms with E-state index in [1.165, 1.54) is 0 Å². The van der Waals surface area contributed by atoms with Crippen molar-refractivity contribution in [2.24, 2.45) is 28.1 Å². The lowest BCUT2D eigenvalue weighted by atomic mass is 9.50. The van der Waals surface area contributed by atoms with Gasteiger partial charge in [-0.3, -0.25) is 4.79 Å². The van der Waals surface area contributed by atoms with E-state index in [0.717, 1.165) is 0 Å². The molecule has 0 aromatic carbocycles. The largest absolute Gasteiger partial charge is 0.458 e. The van der Waals surface area contributed by atoms with Crippen LogP contribution >= 0.6 is 0 Å². The molecule has 9 atom stereocenters. The van der Waals surface area contributed by atoms with Gasteiger partial charge in [0, 0.05) is 26.1 Å². The van der Waals surface area contributed by atoms with Gasteiger partial charge in [-0.05, 0) is 24.7 Å². The average molecular weight is 422 g/mol. The molecule has 3 aliphatic heterocycles. The fourth-order valence-electron chi connectivity index (χ4n) is 7.48. The number of esters is 2. The molecule has 5 rings (SSSR count). The number of carbonyl (C=O) groups is 2. The van der Waals surface area contributed by atoms with E-state index >= 15 is 0 Å². The van der Waals surface area contributed by atoms with Gasteiger partial charge in [-0.2, -0.15) is 0 Å². The Balaban J connectivity index is 1.82. The molecule has 3 heterocycles. The fraction of sp³-hybridized carbons (Fsp3) is 0.818. The molecule has 5 aliphatic rings. The molecule has 0 aromatic rings. The Morgan fingerprint density at radius 1 is 1.17 bits per heavy atom. The van der Waals surface area contributed by atoms with Gasteiger partial charge < -0.3 is 28.8 Å².